The van der Waals surface area contributed by atoms with Crippen LogP contribution in [-0.4, -0.2) is 45.1 Å². The highest BCUT2D eigenvalue weighted by Crippen LogP contribution is 2.36. The summed E-state index contributed by atoms with van der Waals surface area (Å²) in [4.78, 5) is 17.6. The average Bonchev–Trinajstić information content (AvgIpc) is 3.16. The lowest BCUT2D eigenvalue weighted by molar-refractivity contribution is -0.132. The van der Waals surface area contributed by atoms with Gasteiger partial charge in [0.15, 0.2) is 0 Å². The Morgan fingerprint density at radius 1 is 1.16 bits per heavy atom. The molecule has 1 aliphatic rings. The van der Waals surface area contributed by atoms with Gasteiger partial charge >= 0.3 is 5.97 Å². The SMILES string of the molecule is C/C(=C\c1cnc2c(c1)CCN2S(=O)(=O)c1cccc2c(N(C)C)cccc12)C(=O)O. The molecule has 2 heterocycles. The number of hydrogen-bond acceptors (Lipinski definition) is 5. The van der Waals surface area contributed by atoms with Crippen molar-refractivity contribution in [2.45, 2.75) is 18.2 Å². The number of fused-ring (bicyclic) bond motifs is 2. The maximum absolute atomic E-state index is 13.6. The van der Waals surface area contributed by atoms with Gasteiger partial charge in [-0.15, -0.1) is 0 Å². The fraction of sp³-hybridized carbons (Fsp3) is 0.217. The van der Waals surface area contributed by atoms with Crippen LogP contribution in [0, 0.1) is 0 Å². The summed E-state index contributed by atoms with van der Waals surface area (Å²) in [6.45, 7) is 1.80. The molecular weight excluding hydrogens is 414 g/mol. The number of hydrogen-bond donors (Lipinski definition) is 1. The summed E-state index contributed by atoms with van der Waals surface area (Å²) in [7, 11) is 0.0229. The van der Waals surface area contributed by atoms with Gasteiger partial charge in [0.1, 0.15) is 5.82 Å². The number of nitrogens with zero attached hydrogens (tertiary/aromatic N) is 3. The summed E-state index contributed by atoms with van der Waals surface area (Å²) in [5, 5.41) is 10.6. The van der Waals surface area contributed by atoms with E-state index in [4.69, 9.17) is 5.11 Å². The Morgan fingerprint density at radius 2 is 1.87 bits per heavy atom. The van der Waals surface area contributed by atoms with Crippen LogP contribution in [0.1, 0.15) is 18.1 Å². The lowest BCUT2D eigenvalue weighted by Gasteiger charge is -2.21. The van der Waals surface area contributed by atoms with Gasteiger partial charge in [-0.1, -0.05) is 24.3 Å². The minimum atomic E-state index is -3.83. The zero-order chi connectivity index (χ0) is 22.3. The van der Waals surface area contributed by atoms with Gasteiger partial charge in [-0.3, -0.25) is 0 Å². The number of benzene rings is 2. The van der Waals surface area contributed by atoms with Crippen molar-refractivity contribution in [1.29, 1.82) is 0 Å². The Kier molecular flexibility index (Phi) is 5.18. The Bertz CT molecular complexity index is 1330. The minimum absolute atomic E-state index is 0.191. The van der Waals surface area contributed by atoms with Gasteiger partial charge in [-0.25, -0.2) is 22.5 Å². The fourth-order valence-corrected chi connectivity index (χ4v) is 5.55. The maximum atomic E-state index is 13.6. The van der Waals surface area contributed by atoms with Crippen LogP contribution in [0.2, 0.25) is 0 Å². The van der Waals surface area contributed by atoms with Crippen molar-refractivity contribution in [3.63, 3.8) is 0 Å². The van der Waals surface area contributed by atoms with E-state index in [1.807, 2.05) is 43.3 Å². The summed E-state index contributed by atoms with van der Waals surface area (Å²) in [6.07, 6.45) is 3.55. The van der Waals surface area contributed by atoms with Gasteiger partial charge in [0.05, 0.1) is 4.90 Å². The van der Waals surface area contributed by atoms with Gasteiger partial charge in [0.25, 0.3) is 10.0 Å². The van der Waals surface area contributed by atoms with Gasteiger partial charge < -0.3 is 10.0 Å². The molecule has 0 fully saturated rings. The van der Waals surface area contributed by atoms with Crippen molar-refractivity contribution in [2.24, 2.45) is 0 Å². The number of pyridine rings is 1. The first kappa shape index (κ1) is 20.9. The number of carboxylic acid groups (broad SMARTS) is 1. The maximum Gasteiger partial charge on any atom is 0.331 e. The molecule has 0 unspecified atom stereocenters. The van der Waals surface area contributed by atoms with Crippen molar-refractivity contribution in [1.82, 2.24) is 4.98 Å². The molecule has 1 aromatic heterocycles. The van der Waals surface area contributed by atoms with E-state index in [0.29, 0.717) is 29.7 Å². The van der Waals surface area contributed by atoms with E-state index in [1.54, 1.807) is 18.2 Å². The molecule has 8 heteroatoms. The predicted octanol–water partition coefficient (Wildman–Crippen LogP) is 3.54. The molecule has 1 N–H and O–H groups in total. The topological polar surface area (TPSA) is 90.8 Å². The summed E-state index contributed by atoms with van der Waals surface area (Å²) in [6, 6.07) is 12.7. The van der Waals surface area contributed by atoms with Crippen molar-refractivity contribution >= 4 is 44.3 Å². The molecule has 0 atom stereocenters. The highest BCUT2D eigenvalue weighted by molar-refractivity contribution is 7.93. The number of carbonyl (C=O) groups is 1. The van der Waals surface area contributed by atoms with Crippen LogP contribution in [-0.2, 0) is 21.2 Å². The molecule has 3 aromatic rings. The van der Waals surface area contributed by atoms with Crippen molar-refractivity contribution in [3.8, 4) is 0 Å². The normalized spacial score (nSPS) is 14.0. The first-order chi connectivity index (χ1) is 14.7. The quantitative estimate of drug-likeness (QED) is 0.614. The van der Waals surface area contributed by atoms with Crippen molar-refractivity contribution < 1.29 is 18.3 Å². The van der Waals surface area contributed by atoms with Crippen LogP contribution in [0.5, 0.6) is 0 Å². The van der Waals surface area contributed by atoms with E-state index in [2.05, 4.69) is 4.98 Å². The molecule has 0 radical (unpaired) electrons. The molecule has 2 aromatic carbocycles. The third-order valence-electron chi connectivity index (χ3n) is 5.41. The van der Waals surface area contributed by atoms with Crippen LogP contribution < -0.4 is 9.21 Å². The van der Waals surface area contributed by atoms with E-state index in [-0.39, 0.29) is 10.5 Å². The number of sulfonamides is 1. The highest BCUT2D eigenvalue weighted by Gasteiger charge is 2.33. The fourth-order valence-electron chi connectivity index (χ4n) is 3.88. The second kappa shape index (κ2) is 7.70. The van der Waals surface area contributed by atoms with Crippen molar-refractivity contribution in [3.05, 3.63) is 65.4 Å². The Morgan fingerprint density at radius 3 is 2.58 bits per heavy atom. The number of anilines is 2. The zero-order valence-electron chi connectivity index (χ0n) is 17.5. The summed E-state index contributed by atoms with van der Waals surface area (Å²) in [5.41, 5.74) is 2.56. The first-order valence-electron chi connectivity index (χ1n) is 9.82. The second-order valence-corrected chi connectivity index (χ2v) is 9.56. The monoisotopic (exact) mass is 437 g/mol. The number of aliphatic carboxylic acids is 1. The van der Waals surface area contributed by atoms with Gasteiger partial charge in [-0.2, -0.15) is 0 Å². The van der Waals surface area contributed by atoms with Gasteiger partial charge in [-0.05, 0) is 48.7 Å². The highest BCUT2D eigenvalue weighted by atomic mass is 32.2. The average molecular weight is 438 g/mol. The molecule has 0 spiro atoms. The first-order valence-corrected chi connectivity index (χ1v) is 11.3. The predicted molar refractivity (Wildman–Crippen MR) is 122 cm³/mol. The largest absolute Gasteiger partial charge is 0.478 e. The zero-order valence-corrected chi connectivity index (χ0v) is 18.3. The van der Waals surface area contributed by atoms with E-state index in [0.717, 1.165) is 16.6 Å². The molecule has 4 rings (SSSR count). The molecule has 0 bridgehead atoms. The van der Waals surface area contributed by atoms with E-state index >= 15 is 0 Å². The molecule has 31 heavy (non-hydrogen) atoms. The Hall–Kier alpha value is -3.39. The molecule has 0 amide bonds. The smallest absolute Gasteiger partial charge is 0.331 e. The Balaban J connectivity index is 1.78. The summed E-state index contributed by atoms with van der Waals surface area (Å²) >= 11 is 0. The van der Waals surface area contributed by atoms with Crippen LogP contribution >= 0.6 is 0 Å². The van der Waals surface area contributed by atoms with Crippen LogP contribution in [0.4, 0.5) is 11.5 Å². The molecule has 1 aliphatic heterocycles. The third kappa shape index (κ3) is 3.63. The Labute approximate surface area is 181 Å². The van der Waals surface area contributed by atoms with Gasteiger partial charge in [0, 0.05) is 48.9 Å². The van der Waals surface area contributed by atoms with Crippen LogP contribution in [0.3, 0.4) is 0 Å². The lowest BCUT2D eigenvalue weighted by Crippen LogP contribution is -2.30. The molecule has 0 saturated heterocycles. The van der Waals surface area contributed by atoms with E-state index in [1.165, 1.54) is 23.5 Å². The molecule has 0 saturated carbocycles. The number of carboxylic acids is 1. The molecule has 0 aliphatic carbocycles. The van der Waals surface area contributed by atoms with E-state index < -0.39 is 16.0 Å². The molecular formula is C23H23N3O4S. The summed E-state index contributed by atoms with van der Waals surface area (Å²) < 4.78 is 28.6. The summed E-state index contributed by atoms with van der Waals surface area (Å²) in [5.74, 6) is -0.608. The lowest BCUT2D eigenvalue weighted by atomic mass is 10.1. The van der Waals surface area contributed by atoms with Gasteiger partial charge in [0.2, 0.25) is 0 Å². The molecule has 160 valence electrons. The second-order valence-electron chi connectivity index (χ2n) is 7.73. The standard InChI is InChI=1S/C23H23N3O4S/c1-15(23(27)28)12-16-13-17-10-11-26(22(17)24-14-16)31(29,30)21-9-5-6-18-19(21)7-4-8-20(18)25(2)3/h4-9,12-14H,10-11H2,1-3H3,(H,27,28)/b15-12+. The minimum Gasteiger partial charge on any atom is -0.478 e. The van der Waals surface area contributed by atoms with E-state index in [9.17, 15) is 13.2 Å². The number of rotatable bonds is 5. The van der Waals surface area contributed by atoms with Crippen LogP contribution in [0.15, 0.2) is 59.1 Å². The third-order valence-corrected chi connectivity index (χ3v) is 7.26. The molecule has 7 nitrogen and oxygen atoms in total. The van der Waals surface area contributed by atoms with Crippen LogP contribution in [0.25, 0.3) is 16.8 Å². The van der Waals surface area contributed by atoms with Crippen molar-refractivity contribution in [2.75, 3.05) is 29.8 Å². The number of aromatic nitrogens is 1.